The number of rotatable bonds is 4. The Labute approximate surface area is 113 Å². The second kappa shape index (κ2) is 36.6. The van der Waals surface area contributed by atoms with Gasteiger partial charge in [-0.25, -0.2) is 0 Å². The van der Waals surface area contributed by atoms with Crippen molar-refractivity contribution in [3.05, 3.63) is 12.2 Å². The average molecular weight is 321 g/mol. The maximum atomic E-state index is 9.46. The third-order valence-electron chi connectivity index (χ3n) is 1.36. The Hall–Kier alpha value is 0.459. The quantitative estimate of drug-likeness (QED) is 0.582. The summed E-state index contributed by atoms with van der Waals surface area (Å²) in [6, 6.07) is 0. The van der Waals surface area contributed by atoms with Crippen molar-refractivity contribution >= 4 is 23.9 Å². The van der Waals surface area contributed by atoms with Crippen LogP contribution in [0.5, 0.6) is 0 Å². The van der Waals surface area contributed by atoms with E-state index >= 15 is 0 Å². The summed E-state index contributed by atoms with van der Waals surface area (Å²) < 4.78 is 0. The number of hydrogen-bond acceptors (Lipinski definition) is 2. The second-order valence-electron chi connectivity index (χ2n) is 2.80. The van der Waals surface area contributed by atoms with Gasteiger partial charge in [0.2, 0.25) is 0 Å². The molecule has 0 atom stereocenters. The van der Waals surface area contributed by atoms with E-state index in [1.165, 1.54) is 37.8 Å². The standard InChI is InChI=1S/C4H6O2.2C4H10.Sn/c5-3-1-2-4-6;2*1-3-4-2;/h1-2H,3-4H2;2*3-4H2,1-2H3;/q-2;;;+2/b2-1-;;;. The molecule has 0 aromatic rings. The Balaban J connectivity index is -0.0000000606. The Kier molecular flexibility index (Phi) is 60.1. The predicted octanol–water partition coefficient (Wildman–Crippen LogP) is 1.50. The van der Waals surface area contributed by atoms with Crippen LogP contribution in [0.25, 0.3) is 0 Å². The molecule has 0 fully saturated rings. The van der Waals surface area contributed by atoms with Gasteiger partial charge in [0.25, 0.3) is 0 Å². The van der Waals surface area contributed by atoms with Crippen LogP contribution in [0.15, 0.2) is 12.2 Å². The maximum Gasteiger partial charge on any atom is 2.00 e. The molecule has 15 heavy (non-hydrogen) atoms. The summed E-state index contributed by atoms with van der Waals surface area (Å²) in [6.45, 7) is 8.17. The Morgan fingerprint density at radius 2 is 0.867 bits per heavy atom. The van der Waals surface area contributed by atoms with E-state index in [-0.39, 0.29) is 37.1 Å². The van der Waals surface area contributed by atoms with Crippen molar-refractivity contribution in [2.75, 3.05) is 13.2 Å². The molecular formula is C12H26O2Sn. The minimum absolute atomic E-state index is 0. The molecule has 0 aliphatic rings. The van der Waals surface area contributed by atoms with E-state index in [4.69, 9.17) is 0 Å². The van der Waals surface area contributed by atoms with Gasteiger partial charge in [0.15, 0.2) is 0 Å². The van der Waals surface area contributed by atoms with Crippen molar-refractivity contribution in [2.45, 2.75) is 53.4 Å². The Morgan fingerprint density at radius 1 is 0.667 bits per heavy atom. The van der Waals surface area contributed by atoms with Crippen LogP contribution in [0, 0.1) is 0 Å². The largest absolute Gasteiger partial charge is 2.00 e. The fraction of sp³-hybridized carbons (Fsp3) is 0.833. The maximum absolute atomic E-state index is 9.46. The van der Waals surface area contributed by atoms with Crippen molar-refractivity contribution in [3.8, 4) is 0 Å². The summed E-state index contributed by atoms with van der Waals surface area (Å²) in [5, 5.41) is 18.9. The molecule has 0 saturated heterocycles. The normalized spacial score (nSPS) is 8.13. The van der Waals surface area contributed by atoms with Gasteiger partial charge >= 0.3 is 23.9 Å². The molecule has 0 aromatic carbocycles. The van der Waals surface area contributed by atoms with E-state index in [1.807, 2.05) is 0 Å². The summed E-state index contributed by atoms with van der Waals surface area (Å²) >= 11 is 0. The van der Waals surface area contributed by atoms with Crippen LogP contribution in [0.4, 0.5) is 0 Å². The molecule has 0 bridgehead atoms. The van der Waals surface area contributed by atoms with Gasteiger partial charge in [-0.1, -0.05) is 53.4 Å². The van der Waals surface area contributed by atoms with Crippen LogP contribution in [-0.2, 0) is 0 Å². The Morgan fingerprint density at radius 3 is 0.933 bits per heavy atom. The summed E-state index contributed by atoms with van der Waals surface area (Å²) in [6.07, 6.45) is 7.90. The van der Waals surface area contributed by atoms with E-state index < -0.39 is 0 Å². The molecule has 0 rings (SSSR count). The van der Waals surface area contributed by atoms with Gasteiger partial charge in [0.1, 0.15) is 0 Å². The van der Waals surface area contributed by atoms with Crippen LogP contribution in [0.1, 0.15) is 53.4 Å². The molecule has 0 heterocycles. The van der Waals surface area contributed by atoms with Gasteiger partial charge in [-0.05, 0) is 0 Å². The smallest absolute Gasteiger partial charge is 0.851 e. The number of hydrogen-bond donors (Lipinski definition) is 0. The molecule has 0 saturated carbocycles. The van der Waals surface area contributed by atoms with Gasteiger partial charge in [0.05, 0.1) is 0 Å². The van der Waals surface area contributed by atoms with E-state index in [1.54, 1.807) is 0 Å². The van der Waals surface area contributed by atoms with Crippen LogP contribution >= 0.6 is 0 Å². The topological polar surface area (TPSA) is 46.1 Å². The summed E-state index contributed by atoms with van der Waals surface area (Å²) in [4.78, 5) is 0. The molecule has 0 aliphatic heterocycles. The van der Waals surface area contributed by atoms with Crippen molar-refractivity contribution in [2.24, 2.45) is 0 Å². The van der Waals surface area contributed by atoms with Gasteiger partial charge in [0, 0.05) is 0 Å². The first kappa shape index (κ1) is 24.6. The first-order valence-corrected chi connectivity index (χ1v) is 5.56. The molecule has 90 valence electrons. The van der Waals surface area contributed by atoms with Gasteiger partial charge < -0.3 is 10.2 Å². The zero-order valence-electron chi connectivity index (χ0n) is 10.7. The molecule has 0 aliphatic carbocycles. The molecule has 0 unspecified atom stereocenters. The first-order valence-electron chi connectivity index (χ1n) is 5.56. The van der Waals surface area contributed by atoms with E-state index in [9.17, 15) is 10.2 Å². The third kappa shape index (κ3) is 75.3. The fourth-order valence-electron chi connectivity index (χ4n) is 0.136. The van der Waals surface area contributed by atoms with Crippen LogP contribution in [0.3, 0.4) is 0 Å². The predicted molar refractivity (Wildman–Crippen MR) is 65.8 cm³/mol. The second-order valence-corrected chi connectivity index (χ2v) is 2.80. The van der Waals surface area contributed by atoms with E-state index in [0.29, 0.717) is 0 Å². The molecule has 3 heteroatoms. The molecule has 0 N–H and O–H groups in total. The van der Waals surface area contributed by atoms with E-state index in [0.717, 1.165) is 0 Å². The fourth-order valence-corrected chi connectivity index (χ4v) is 0.136. The number of unbranched alkanes of at least 4 members (excludes halogenated alkanes) is 2. The first-order chi connectivity index (χ1) is 6.74. The average Bonchev–Trinajstić information content (AvgIpc) is 2.27. The van der Waals surface area contributed by atoms with Crippen molar-refractivity contribution in [1.82, 2.24) is 0 Å². The van der Waals surface area contributed by atoms with Crippen molar-refractivity contribution < 1.29 is 10.2 Å². The van der Waals surface area contributed by atoms with Gasteiger partial charge in [-0.2, -0.15) is 0 Å². The summed E-state index contributed by atoms with van der Waals surface area (Å²) in [5.41, 5.74) is 0. The Bertz CT molecular complexity index is 71.7. The monoisotopic (exact) mass is 322 g/mol. The van der Waals surface area contributed by atoms with E-state index in [2.05, 4.69) is 27.7 Å². The van der Waals surface area contributed by atoms with Crippen LogP contribution in [0.2, 0.25) is 0 Å². The zero-order chi connectivity index (χ0) is 11.7. The summed E-state index contributed by atoms with van der Waals surface area (Å²) in [5.74, 6) is 0. The zero-order valence-corrected chi connectivity index (χ0v) is 13.6. The molecule has 0 spiro atoms. The SMILES string of the molecule is CCCC.CCCC.[O-]C/C=C\C[O-].[Sn+2]. The summed E-state index contributed by atoms with van der Waals surface area (Å²) in [7, 11) is 0. The minimum Gasteiger partial charge on any atom is -0.851 e. The molecule has 2 nitrogen and oxygen atoms in total. The van der Waals surface area contributed by atoms with Crippen LogP contribution in [-0.4, -0.2) is 37.1 Å². The molecule has 0 amide bonds. The van der Waals surface area contributed by atoms with Crippen molar-refractivity contribution in [1.29, 1.82) is 0 Å². The van der Waals surface area contributed by atoms with Gasteiger partial charge in [-0.3, -0.25) is 0 Å². The molecule has 2 radical (unpaired) electrons. The third-order valence-corrected chi connectivity index (χ3v) is 1.36. The van der Waals surface area contributed by atoms with Crippen LogP contribution < -0.4 is 10.2 Å². The van der Waals surface area contributed by atoms with Gasteiger partial charge in [-0.15, -0.1) is 25.4 Å². The minimum atomic E-state index is -0.276. The van der Waals surface area contributed by atoms with Crippen molar-refractivity contribution in [3.63, 3.8) is 0 Å². The molecule has 0 aromatic heterocycles. The molecular weight excluding hydrogens is 295 g/mol.